The van der Waals surface area contributed by atoms with Gasteiger partial charge in [-0.15, -0.1) is 45.3 Å². The van der Waals surface area contributed by atoms with Gasteiger partial charge in [0, 0.05) is 145 Å². The first kappa shape index (κ1) is 113. The molecule has 8 aliphatic rings. The van der Waals surface area contributed by atoms with Crippen molar-refractivity contribution >= 4 is 116 Å². The molecule has 5 unspecified atom stereocenters. The monoisotopic (exact) mass is 2160 g/mol. The van der Waals surface area contributed by atoms with Gasteiger partial charge in [0.15, 0.2) is 43.4 Å². The Labute approximate surface area is 860 Å². The summed E-state index contributed by atoms with van der Waals surface area (Å²) in [7, 11) is 0. The van der Waals surface area contributed by atoms with Gasteiger partial charge in [0.25, 0.3) is 23.7 Å². The van der Waals surface area contributed by atoms with Gasteiger partial charge in [0.2, 0.25) is 0 Å². The van der Waals surface area contributed by atoms with Crippen molar-refractivity contribution in [1.29, 1.82) is 0 Å². The Kier molecular flexibility index (Phi) is 36.9. The van der Waals surface area contributed by atoms with Crippen LogP contribution in [0.15, 0.2) is 233 Å². The minimum atomic E-state index is -3.17. The molecule has 16 rings (SSSR count). The predicted octanol–water partition coefficient (Wildman–Crippen LogP) is 13.3. The van der Waals surface area contributed by atoms with Crippen LogP contribution >= 0.6 is 45.3 Å². The fourth-order valence-electron chi connectivity index (χ4n) is 18.0. The predicted molar refractivity (Wildman–Crippen MR) is 522 cm³/mol. The number of amidine groups is 4. The number of esters is 4. The van der Waals surface area contributed by atoms with E-state index in [1.807, 2.05) is 0 Å². The van der Waals surface area contributed by atoms with Crippen molar-refractivity contribution in [3.05, 3.63) is 278 Å². The Hall–Kier alpha value is -13.6. The normalized spacial score (nSPS) is 23.0. The molecule has 8 aliphatic heterocycles. The van der Waals surface area contributed by atoms with Crippen LogP contribution in [0.25, 0.3) is 0 Å². The number of carbonyl (C=O) groups excluding carboxylic acids is 4. The third-order valence-electron chi connectivity index (χ3n) is 24.5. The maximum absolute atomic E-state index is 14.7. The van der Waals surface area contributed by atoms with E-state index in [9.17, 15) is 91.0 Å². The number of alkyl halides is 8. The quantitative estimate of drug-likeness (QED) is 0.00782. The molecule has 0 bridgehead atoms. The molecule has 149 heavy (non-hydrogen) atoms. The SMILES string of the molecule is CCOC(=O)C1=C(CN2CC(/C=C/C(=O)O)C(F)(F)C2)NC(c2nccs2)=NC1c1ccc(F)cc1.CCOC(=O)C1=C(CN2CC(/C=C/C(=O)O)C(F)(F)C2)NC(c2nccs2)=N[C@@]1(C)c1ccc(F)cc1.CCOC(=O)C1=C(CN2CC(F)(F)CC2COCC(=O)O)NC(c2nccs2)=N[C@@]1(C)c1ccc(F)cc1.CCOC(=O)C1=C(CN2CC(F)(F)CC2COCC(=O)O)NC(c2nccs2)=N[C@@]1(C)c1ccc(F)cc1. The highest BCUT2D eigenvalue weighted by Gasteiger charge is 2.54. The van der Waals surface area contributed by atoms with Gasteiger partial charge in [-0.25, -0.2) is 126 Å². The first-order valence-corrected chi connectivity index (χ1v) is 49.8. The number of aliphatic carboxylic acids is 4. The van der Waals surface area contributed by atoms with Gasteiger partial charge in [-0.3, -0.25) is 24.6 Å². The minimum Gasteiger partial charge on any atom is -0.480 e. The second kappa shape index (κ2) is 48.8. The van der Waals surface area contributed by atoms with Crippen LogP contribution < -0.4 is 21.3 Å². The van der Waals surface area contributed by atoms with Crippen LogP contribution in [-0.2, 0) is 83.4 Å². The summed E-state index contributed by atoms with van der Waals surface area (Å²) in [5, 5.41) is 56.9. The molecule has 34 nitrogen and oxygen atoms in total. The second-order valence-electron chi connectivity index (χ2n) is 35.3. The van der Waals surface area contributed by atoms with Crippen LogP contribution in [0.2, 0.25) is 0 Å². The van der Waals surface area contributed by atoms with Crippen molar-refractivity contribution in [3.8, 4) is 0 Å². The van der Waals surface area contributed by atoms with E-state index < -0.39 is 194 Å². The van der Waals surface area contributed by atoms with Crippen LogP contribution in [0.4, 0.5) is 52.7 Å². The summed E-state index contributed by atoms with van der Waals surface area (Å²) in [5.74, 6) is -23.4. The zero-order chi connectivity index (χ0) is 108. The zero-order valence-electron chi connectivity index (χ0n) is 80.7. The third kappa shape index (κ3) is 28.1. The summed E-state index contributed by atoms with van der Waals surface area (Å²) in [6, 6.07) is 19.6. The minimum absolute atomic E-state index is 0.0611. The van der Waals surface area contributed by atoms with Gasteiger partial charge in [0.1, 0.15) is 59.1 Å². The molecule has 50 heteroatoms. The zero-order valence-corrected chi connectivity index (χ0v) is 84.0. The standard InChI is InChI=1S/2C25H27F3N4O5S.C25H25F3N4O4S.C24H23F3N4O4S/c2*1-3-37-23(35)20-18(11-32-14-25(27,28)10-17(32)12-36-13-19(33)34)30-21(22-29-8-9-38-22)31-24(20,2)15-4-6-16(26)7-5-15;1-3-36-23(35)20-18(13-32-12-16(6-9-19(33)34)25(27,28)14-32)30-21(22-29-10-11-37-22)31-24(20,2)15-4-7-17(26)8-5-15;1-2-35-23(34)19-17(12-31-11-15(5-8-18(32)33)24(26,27)13-31)29-21(22-28-9-10-36-22)30-20(19)14-3-6-16(25)7-4-14/h2*4-9,17H,3,10-14H2,1-2H3,(H,30,31)(H,33,34);4-11,16H,3,12-14H2,1-2H3,(H,30,31)(H,33,34);3-10,15,20H,2,11-13H2,1H3,(H,29,30)(H,32,33)/b;;9-6+;8-5+/t2*17?,24-;16?,24-;/m000./s1. The summed E-state index contributed by atoms with van der Waals surface area (Å²) < 4.78 is 203. The highest BCUT2D eigenvalue weighted by molar-refractivity contribution is 7.12. The Morgan fingerprint density at radius 3 is 1.02 bits per heavy atom. The van der Waals surface area contributed by atoms with Gasteiger partial charge in [0.05, 0.1) is 99.9 Å². The lowest BCUT2D eigenvalue weighted by Gasteiger charge is -2.36. The number of hydrogen-bond donors (Lipinski definition) is 8. The molecule has 0 amide bonds. The molecule has 0 radical (unpaired) electrons. The second-order valence-corrected chi connectivity index (χ2v) is 38.8. The highest BCUT2D eigenvalue weighted by Crippen LogP contribution is 2.47. The number of benzene rings is 4. The van der Waals surface area contributed by atoms with Crippen molar-refractivity contribution in [1.82, 2.24) is 60.8 Å². The van der Waals surface area contributed by atoms with Crippen molar-refractivity contribution < 1.29 is 140 Å². The number of likely N-dealkylation sites (tertiary alicyclic amines) is 4. The highest BCUT2D eigenvalue weighted by atomic mass is 32.1. The van der Waals surface area contributed by atoms with Crippen LogP contribution in [0.5, 0.6) is 0 Å². The van der Waals surface area contributed by atoms with Crippen LogP contribution in [0.1, 0.15) is 110 Å². The molecule has 4 fully saturated rings. The number of thiazole rings is 4. The van der Waals surface area contributed by atoms with Crippen LogP contribution in [0, 0.1) is 35.1 Å². The molecule has 0 aliphatic carbocycles. The van der Waals surface area contributed by atoms with E-state index in [0.717, 1.165) is 12.2 Å². The maximum Gasteiger partial charge on any atom is 0.338 e. The van der Waals surface area contributed by atoms with E-state index in [1.54, 1.807) is 94.8 Å². The topological polar surface area (TPSA) is 435 Å². The summed E-state index contributed by atoms with van der Waals surface area (Å²) in [6.45, 7) is 6.99. The molecule has 794 valence electrons. The molecule has 4 aromatic heterocycles. The number of carbonyl (C=O) groups is 8. The van der Waals surface area contributed by atoms with E-state index >= 15 is 0 Å². The Morgan fingerprint density at radius 2 is 0.711 bits per heavy atom. The number of carboxylic acids is 4. The maximum atomic E-state index is 14.7. The number of aromatic nitrogens is 4. The van der Waals surface area contributed by atoms with Crippen molar-refractivity contribution in [2.75, 3.05) is 118 Å². The van der Waals surface area contributed by atoms with E-state index in [0.29, 0.717) is 89.2 Å². The lowest BCUT2D eigenvalue weighted by Crippen LogP contribution is -2.46. The van der Waals surface area contributed by atoms with E-state index in [1.165, 1.54) is 162 Å². The summed E-state index contributed by atoms with van der Waals surface area (Å²) >= 11 is 5.19. The number of aliphatic imine (C=N–C) groups is 4. The van der Waals surface area contributed by atoms with Gasteiger partial charge in [-0.05, 0) is 119 Å². The fourth-order valence-corrected chi connectivity index (χ4v) is 20.3. The van der Waals surface area contributed by atoms with Gasteiger partial charge < -0.3 is 70.1 Å². The average Bonchev–Trinajstić information content (AvgIpc) is 1.61. The van der Waals surface area contributed by atoms with Crippen molar-refractivity contribution in [2.24, 2.45) is 31.8 Å². The number of rotatable bonds is 36. The molecule has 8 N–H and O–H groups in total. The Morgan fingerprint density at radius 1 is 0.409 bits per heavy atom. The fraction of sp³-hybridized carbons (Fsp3) is 0.394. The van der Waals surface area contributed by atoms with E-state index in [-0.39, 0.29) is 113 Å². The number of nitrogens with one attached hydrogen (secondary N) is 4. The Balaban J connectivity index is 0.000000166. The lowest BCUT2D eigenvalue weighted by atomic mass is 9.82. The van der Waals surface area contributed by atoms with Gasteiger partial charge in [-0.2, -0.15) is 0 Å². The van der Waals surface area contributed by atoms with Crippen LogP contribution in [0.3, 0.4) is 0 Å². The molecular weight excluding hydrogens is 2060 g/mol. The first-order chi connectivity index (χ1) is 70.7. The number of nitrogens with zero attached hydrogens (tertiary/aromatic N) is 12. The number of ether oxygens (including phenoxy) is 6. The molecular formula is C99H102F12N16O18S4. The van der Waals surface area contributed by atoms with Crippen LogP contribution in [-0.4, -0.2) is 285 Å². The van der Waals surface area contributed by atoms with E-state index in [2.05, 4.69) is 46.2 Å². The van der Waals surface area contributed by atoms with Crippen molar-refractivity contribution in [2.45, 2.75) is 120 Å². The largest absolute Gasteiger partial charge is 0.480 e. The molecule has 12 heterocycles. The number of hydrogen-bond acceptors (Lipinski definition) is 34. The molecule has 0 spiro atoms. The number of carboxylic acid groups (broad SMARTS) is 4. The third-order valence-corrected chi connectivity index (χ3v) is 27.6. The summed E-state index contributed by atoms with van der Waals surface area (Å²) in [6.07, 6.45) is 8.68. The van der Waals surface area contributed by atoms with Gasteiger partial charge in [-0.1, -0.05) is 60.7 Å². The molecule has 8 aromatic rings. The number of halogens is 12. The molecule has 4 saturated heterocycles. The van der Waals surface area contributed by atoms with E-state index in [4.69, 9.17) is 63.8 Å². The first-order valence-electron chi connectivity index (χ1n) is 46.3. The smallest absolute Gasteiger partial charge is 0.338 e. The Bertz CT molecular complexity index is 6290. The summed E-state index contributed by atoms with van der Waals surface area (Å²) in [5.41, 5.74) is -0.514. The molecule has 8 atom stereocenters. The lowest BCUT2D eigenvalue weighted by molar-refractivity contribution is -0.143. The molecule has 0 saturated carbocycles. The van der Waals surface area contributed by atoms with Gasteiger partial charge >= 0.3 is 47.8 Å². The van der Waals surface area contributed by atoms with Crippen molar-refractivity contribution in [3.63, 3.8) is 0 Å². The summed E-state index contributed by atoms with van der Waals surface area (Å²) in [4.78, 5) is 138. The molecule has 4 aromatic carbocycles. The average molecular weight is 2160 g/mol.